The van der Waals surface area contributed by atoms with E-state index in [-0.39, 0.29) is 0 Å². The lowest BCUT2D eigenvalue weighted by atomic mass is 9.52. The summed E-state index contributed by atoms with van der Waals surface area (Å²) in [7, 11) is 2.35. The number of nitrogens with zero attached hydrogens (tertiary/aromatic N) is 1. The zero-order valence-corrected chi connectivity index (χ0v) is 13.1. The van der Waals surface area contributed by atoms with Crippen LogP contribution in [0.4, 0.5) is 0 Å². The average Bonchev–Trinajstić information content (AvgIpc) is 2.40. The van der Waals surface area contributed by atoms with Crippen molar-refractivity contribution in [3.05, 3.63) is 34.9 Å². The molecule has 0 amide bonds. The minimum atomic E-state index is 0.508. The minimum absolute atomic E-state index is 0.508. The van der Waals surface area contributed by atoms with Crippen molar-refractivity contribution in [2.24, 2.45) is 17.8 Å². The standard InChI is InChI=1S/C18H24ClN/c1-20(12-13-2-4-17(19)5-3-13)18-9-14-6-15(10-18)8-16(7-14)11-18/h2-5,14-16H,6-12H2,1H3. The van der Waals surface area contributed by atoms with Crippen LogP contribution in [-0.4, -0.2) is 17.5 Å². The van der Waals surface area contributed by atoms with Crippen molar-refractivity contribution >= 4 is 11.6 Å². The molecule has 0 unspecified atom stereocenters. The summed E-state index contributed by atoms with van der Waals surface area (Å²) in [5.74, 6) is 3.07. The first kappa shape index (κ1) is 13.2. The molecule has 5 rings (SSSR count). The normalized spacial score (nSPS) is 38.6. The molecular weight excluding hydrogens is 266 g/mol. The summed E-state index contributed by atoms with van der Waals surface area (Å²) in [6, 6.07) is 8.40. The quantitative estimate of drug-likeness (QED) is 0.777. The number of halogens is 1. The lowest BCUT2D eigenvalue weighted by Crippen LogP contribution is -2.58. The van der Waals surface area contributed by atoms with Crippen LogP contribution in [0.15, 0.2) is 24.3 Å². The fraction of sp³-hybridized carbons (Fsp3) is 0.667. The molecule has 1 aromatic rings. The molecule has 4 bridgehead atoms. The molecule has 0 aromatic heterocycles. The van der Waals surface area contributed by atoms with Crippen molar-refractivity contribution in [3.8, 4) is 0 Å². The minimum Gasteiger partial charge on any atom is -0.296 e. The van der Waals surface area contributed by atoms with Gasteiger partial charge in [0.05, 0.1) is 0 Å². The van der Waals surface area contributed by atoms with E-state index in [0.717, 1.165) is 29.3 Å². The highest BCUT2D eigenvalue weighted by atomic mass is 35.5. The SMILES string of the molecule is CN(Cc1ccc(Cl)cc1)C12CC3CC(CC(C3)C1)C2. The molecule has 2 heteroatoms. The summed E-state index contributed by atoms with van der Waals surface area (Å²) in [4.78, 5) is 2.67. The second-order valence-corrected chi connectivity index (χ2v) is 8.06. The van der Waals surface area contributed by atoms with Crippen molar-refractivity contribution in [3.63, 3.8) is 0 Å². The topological polar surface area (TPSA) is 3.24 Å². The van der Waals surface area contributed by atoms with Gasteiger partial charge in [-0.2, -0.15) is 0 Å². The smallest absolute Gasteiger partial charge is 0.0406 e. The van der Waals surface area contributed by atoms with Crippen molar-refractivity contribution in [2.75, 3.05) is 7.05 Å². The van der Waals surface area contributed by atoms with Gasteiger partial charge in [-0.25, -0.2) is 0 Å². The van der Waals surface area contributed by atoms with E-state index < -0.39 is 0 Å². The number of hydrogen-bond acceptors (Lipinski definition) is 1. The Balaban J connectivity index is 1.53. The van der Waals surface area contributed by atoms with E-state index in [1.165, 1.54) is 44.1 Å². The Labute approximate surface area is 127 Å². The van der Waals surface area contributed by atoms with E-state index in [1.54, 1.807) is 0 Å². The summed E-state index contributed by atoms with van der Waals surface area (Å²) < 4.78 is 0. The Morgan fingerprint density at radius 3 is 2.00 bits per heavy atom. The van der Waals surface area contributed by atoms with Gasteiger partial charge in [-0.3, -0.25) is 4.90 Å². The third kappa shape index (κ3) is 2.19. The van der Waals surface area contributed by atoms with E-state index in [2.05, 4.69) is 24.1 Å². The van der Waals surface area contributed by atoms with Crippen LogP contribution in [0.25, 0.3) is 0 Å². The molecule has 108 valence electrons. The molecule has 0 N–H and O–H groups in total. The van der Waals surface area contributed by atoms with E-state index >= 15 is 0 Å². The Hall–Kier alpha value is -0.530. The molecule has 1 aromatic carbocycles. The Morgan fingerprint density at radius 1 is 1.00 bits per heavy atom. The summed E-state index contributed by atoms with van der Waals surface area (Å²) in [5, 5.41) is 0.839. The summed E-state index contributed by atoms with van der Waals surface area (Å²) in [6.07, 6.45) is 8.91. The van der Waals surface area contributed by atoms with Crippen molar-refractivity contribution < 1.29 is 0 Å². The van der Waals surface area contributed by atoms with Crippen LogP contribution in [0.3, 0.4) is 0 Å². The van der Waals surface area contributed by atoms with Crippen LogP contribution in [0.1, 0.15) is 44.1 Å². The van der Waals surface area contributed by atoms with Gasteiger partial charge in [0.2, 0.25) is 0 Å². The Morgan fingerprint density at radius 2 is 1.50 bits per heavy atom. The van der Waals surface area contributed by atoms with Gasteiger partial charge in [0.1, 0.15) is 0 Å². The van der Waals surface area contributed by atoms with Crippen LogP contribution >= 0.6 is 11.6 Å². The van der Waals surface area contributed by atoms with Crippen LogP contribution < -0.4 is 0 Å². The molecular formula is C18H24ClN. The van der Waals surface area contributed by atoms with Gasteiger partial charge in [-0.15, -0.1) is 0 Å². The van der Waals surface area contributed by atoms with Gasteiger partial charge in [-0.1, -0.05) is 23.7 Å². The fourth-order valence-electron chi connectivity index (χ4n) is 5.56. The van der Waals surface area contributed by atoms with E-state index in [0.29, 0.717) is 5.54 Å². The van der Waals surface area contributed by atoms with Crippen LogP contribution in [0.5, 0.6) is 0 Å². The number of hydrogen-bond donors (Lipinski definition) is 0. The van der Waals surface area contributed by atoms with Gasteiger partial charge in [-0.05, 0) is 81.0 Å². The molecule has 4 saturated carbocycles. The lowest BCUT2D eigenvalue weighted by Gasteiger charge is -2.60. The molecule has 4 aliphatic carbocycles. The summed E-state index contributed by atoms with van der Waals surface area (Å²) in [6.45, 7) is 1.07. The number of benzene rings is 1. The van der Waals surface area contributed by atoms with Crippen molar-refractivity contribution in [1.29, 1.82) is 0 Å². The van der Waals surface area contributed by atoms with E-state index in [4.69, 9.17) is 11.6 Å². The zero-order chi connectivity index (χ0) is 13.7. The van der Waals surface area contributed by atoms with E-state index in [1.807, 2.05) is 12.1 Å². The third-order valence-corrected chi connectivity index (χ3v) is 6.40. The van der Waals surface area contributed by atoms with Gasteiger partial charge >= 0.3 is 0 Å². The van der Waals surface area contributed by atoms with Crippen LogP contribution in [0, 0.1) is 17.8 Å². The summed E-state index contributed by atoms with van der Waals surface area (Å²) >= 11 is 5.99. The van der Waals surface area contributed by atoms with Crippen LogP contribution in [-0.2, 0) is 6.54 Å². The highest BCUT2D eigenvalue weighted by molar-refractivity contribution is 6.30. The molecule has 20 heavy (non-hydrogen) atoms. The Bertz CT molecular complexity index is 457. The monoisotopic (exact) mass is 289 g/mol. The molecule has 0 radical (unpaired) electrons. The van der Waals surface area contributed by atoms with E-state index in [9.17, 15) is 0 Å². The largest absolute Gasteiger partial charge is 0.296 e. The van der Waals surface area contributed by atoms with Gasteiger partial charge < -0.3 is 0 Å². The van der Waals surface area contributed by atoms with Crippen molar-refractivity contribution in [2.45, 2.75) is 50.6 Å². The molecule has 0 heterocycles. The fourth-order valence-corrected chi connectivity index (χ4v) is 5.69. The first-order valence-corrected chi connectivity index (χ1v) is 8.46. The molecule has 4 aliphatic rings. The maximum atomic E-state index is 5.99. The Kier molecular flexibility index (Phi) is 3.12. The van der Waals surface area contributed by atoms with Gasteiger partial charge in [0.25, 0.3) is 0 Å². The molecule has 0 saturated heterocycles. The van der Waals surface area contributed by atoms with Crippen LogP contribution in [0.2, 0.25) is 5.02 Å². The molecule has 1 nitrogen and oxygen atoms in total. The molecule has 0 atom stereocenters. The summed E-state index contributed by atoms with van der Waals surface area (Å²) in [5.41, 5.74) is 1.90. The second-order valence-electron chi connectivity index (χ2n) is 7.62. The lowest BCUT2D eigenvalue weighted by molar-refractivity contribution is -0.0821. The highest BCUT2D eigenvalue weighted by Crippen LogP contribution is 2.57. The number of rotatable bonds is 3. The molecule has 4 fully saturated rings. The van der Waals surface area contributed by atoms with Crippen molar-refractivity contribution in [1.82, 2.24) is 4.90 Å². The van der Waals surface area contributed by atoms with Gasteiger partial charge in [0.15, 0.2) is 0 Å². The maximum Gasteiger partial charge on any atom is 0.0406 e. The predicted octanol–water partition coefficient (Wildman–Crippen LogP) is 4.74. The molecule has 0 spiro atoms. The first-order valence-electron chi connectivity index (χ1n) is 8.09. The first-order chi connectivity index (χ1) is 9.63. The zero-order valence-electron chi connectivity index (χ0n) is 12.3. The molecule has 0 aliphatic heterocycles. The third-order valence-electron chi connectivity index (χ3n) is 6.15. The maximum absolute atomic E-state index is 5.99. The second kappa shape index (κ2) is 4.74. The average molecular weight is 290 g/mol. The predicted molar refractivity (Wildman–Crippen MR) is 83.8 cm³/mol. The highest BCUT2D eigenvalue weighted by Gasteiger charge is 2.52. The van der Waals surface area contributed by atoms with Gasteiger partial charge in [0, 0.05) is 17.1 Å².